The molecule has 0 amide bonds. The van der Waals surface area contributed by atoms with Gasteiger partial charge in [0.15, 0.2) is 0 Å². The second kappa shape index (κ2) is 3.06. The predicted octanol–water partition coefficient (Wildman–Crippen LogP) is 4.00. The highest BCUT2D eigenvalue weighted by atomic mass is 19.4. The van der Waals surface area contributed by atoms with E-state index in [9.17, 15) is 43.9 Å². The van der Waals surface area contributed by atoms with E-state index in [0.29, 0.717) is 0 Å². The molecule has 0 aromatic carbocycles. The normalized spacial score (nSPS) is 44.7. The fraction of sp³-hybridized carbons (Fsp3) is 1.00. The molecule has 1 saturated carbocycles. The van der Waals surface area contributed by atoms with Crippen LogP contribution in [0.1, 0.15) is 13.8 Å². The van der Waals surface area contributed by atoms with E-state index in [1.807, 2.05) is 0 Å². The van der Waals surface area contributed by atoms with Gasteiger partial charge in [-0.25, -0.2) is 8.78 Å². The molecule has 1 aliphatic rings. The third kappa shape index (κ3) is 1.10. The molecule has 1 fully saturated rings. The van der Waals surface area contributed by atoms with E-state index in [2.05, 4.69) is 0 Å². The maximum Gasteiger partial charge on any atom is 0.352 e. The molecular weight excluding hydrogens is 286 g/mol. The van der Waals surface area contributed by atoms with Gasteiger partial charge in [-0.3, -0.25) is 0 Å². The van der Waals surface area contributed by atoms with Gasteiger partial charge in [0.25, 0.3) is 0 Å². The molecule has 0 spiro atoms. The summed E-state index contributed by atoms with van der Waals surface area (Å²) in [5.41, 5.74) is -11.2. The van der Waals surface area contributed by atoms with E-state index in [1.165, 1.54) is 0 Å². The van der Waals surface area contributed by atoms with E-state index in [0.717, 1.165) is 0 Å². The summed E-state index contributed by atoms with van der Waals surface area (Å²) >= 11 is 0. The van der Waals surface area contributed by atoms with Gasteiger partial charge in [0, 0.05) is 0 Å². The van der Waals surface area contributed by atoms with Gasteiger partial charge in [-0.05, 0) is 13.8 Å². The fourth-order valence-corrected chi connectivity index (χ4v) is 1.57. The molecule has 1 rings (SSSR count). The topological polar surface area (TPSA) is 0 Å². The monoisotopic (exact) mass is 292 g/mol. The van der Waals surface area contributed by atoms with E-state index < -0.39 is 48.9 Å². The minimum absolute atomic E-state index is 0.815. The highest BCUT2D eigenvalue weighted by molar-refractivity contribution is 5.26. The summed E-state index contributed by atoms with van der Waals surface area (Å²) in [7, 11) is 0. The van der Waals surface area contributed by atoms with Crippen molar-refractivity contribution in [3.63, 3.8) is 0 Å². The highest BCUT2D eigenvalue weighted by Gasteiger charge is 2.97. The highest BCUT2D eigenvalue weighted by Crippen LogP contribution is 2.68. The van der Waals surface area contributed by atoms with Crippen LogP contribution in [0.15, 0.2) is 0 Å². The first-order valence-corrected chi connectivity index (χ1v) is 4.39. The number of rotatable bonds is 0. The Bertz CT molecular complexity index is 249. The maximum atomic E-state index is 13.1. The molecule has 18 heavy (non-hydrogen) atoms. The number of halogens is 10. The molecule has 1 aliphatic carbocycles. The second-order valence-corrected chi connectivity index (χ2v) is 4.30. The molecule has 0 heterocycles. The summed E-state index contributed by atoms with van der Waals surface area (Å²) in [6.07, 6.45) is 0. The molecule has 0 aliphatic heterocycles. The van der Waals surface area contributed by atoms with Crippen molar-refractivity contribution in [2.75, 3.05) is 0 Å². The summed E-state index contributed by atoms with van der Waals surface area (Å²) in [6, 6.07) is 0. The molecule has 0 unspecified atom stereocenters. The van der Waals surface area contributed by atoms with Crippen molar-refractivity contribution in [3.8, 4) is 0 Å². The van der Waals surface area contributed by atoms with Crippen LogP contribution in [0.5, 0.6) is 0 Å². The van der Waals surface area contributed by atoms with E-state index in [1.54, 1.807) is 0 Å². The van der Waals surface area contributed by atoms with Crippen LogP contribution in [0.4, 0.5) is 43.9 Å². The SMILES string of the molecule is CC1(F)C(F)(F)C(F)(F)C(C)(F)C(F)(F)C1(F)F. The van der Waals surface area contributed by atoms with Crippen molar-refractivity contribution < 1.29 is 43.9 Å². The first kappa shape index (κ1) is 15.4. The Morgan fingerprint density at radius 1 is 0.389 bits per heavy atom. The van der Waals surface area contributed by atoms with Crippen LogP contribution in [0, 0.1) is 0 Å². The Hall–Kier alpha value is -0.700. The van der Waals surface area contributed by atoms with Crippen LogP contribution in [0.25, 0.3) is 0 Å². The zero-order valence-electron chi connectivity index (χ0n) is 8.78. The molecule has 108 valence electrons. The van der Waals surface area contributed by atoms with Gasteiger partial charge < -0.3 is 0 Å². The summed E-state index contributed by atoms with van der Waals surface area (Å²) in [6.45, 7) is -1.63. The summed E-state index contributed by atoms with van der Waals surface area (Å²) < 4.78 is 130. The first-order valence-electron chi connectivity index (χ1n) is 4.39. The van der Waals surface area contributed by atoms with Crippen LogP contribution in [-0.2, 0) is 0 Å². The van der Waals surface area contributed by atoms with Gasteiger partial charge >= 0.3 is 23.7 Å². The van der Waals surface area contributed by atoms with Crippen LogP contribution in [-0.4, -0.2) is 35.0 Å². The van der Waals surface area contributed by atoms with Gasteiger partial charge in [0.1, 0.15) is 0 Å². The second-order valence-electron chi connectivity index (χ2n) is 4.30. The molecule has 0 saturated heterocycles. The van der Waals surface area contributed by atoms with Crippen LogP contribution >= 0.6 is 0 Å². The lowest BCUT2D eigenvalue weighted by Crippen LogP contribution is -2.83. The number of hydrogen-bond acceptors (Lipinski definition) is 0. The molecule has 0 nitrogen and oxygen atoms in total. The van der Waals surface area contributed by atoms with Crippen molar-refractivity contribution in [2.24, 2.45) is 0 Å². The summed E-state index contributed by atoms with van der Waals surface area (Å²) in [5.74, 6) is -25.2. The zero-order valence-corrected chi connectivity index (χ0v) is 8.78. The van der Waals surface area contributed by atoms with Crippen LogP contribution in [0.3, 0.4) is 0 Å². The molecule has 0 aromatic rings. The van der Waals surface area contributed by atoms with Crippen LogP contribution < -0.4 is 0 Å². The minimum atomic E-state index is -6.31. The molecular formula is C8H6F10. The Morgan fingerprint density at radius 2 is 0.500 bits per heavy atom. The average Bonchev–Trinajstić information content (AvgIpc) is 2.14. The maximum absolute atomic E-state index is 13.1. The van der Waals surface area contributed by atoms with E-state index >= 15 is 0 Å². The molecule has 0 radical (unpaired) electrons. The van der Waals surface area contributed by atoms with Crippen molar-refractivity contribution in [2.45, 2.75) is 48.9 Å². The Kier molecular flexibility index (Phi) is 2.61. The molecule has 10 heteroatoms. The average molecular weight is 292 g/mol. The lowest BCUT2D eigenvalue weighted by Gasteiger charge is -2.53. The number of alkyl halides is 10. The Labute approximate surface area is 93.9 Å². The van der Waals surface area contributed by atoms with Gasteiger partial charge in [-0.2, -0.15) is 35.1 Å². The van der Waals surface area contributed by atoms with Gasteiger partial charge in [0.05, 0.1) is 0 Å². The van der Waals surface area contributed by atoms with Crippen molar-refractivity contribution >= 4 is 0 Å². The Balaban J connectivity index is 3.72. The quantitative estimate of drug-likeness (QED) is 0.592. The van der Waals surface area contributed by atoms with Gasteiger partial charge in [-0.15, -0.1) is 0 Å². The third-order valence-electron chi connectivity index (χ3n) is 3.15. The van der Waals surface area contributed by atoms with E-state index in [4.69, 9.17) is 0 Å². The molecule has 0 aromatic heterocycles. The molecule has 0 atom stereocenters. The smallest absolute Gasteiger partial charge is 0.230 e. The Morgan fingerprint density at radius 3 is 0.611 bits per heavy atom. The van der Waals surface area contributed by atoms with Crippen molar-refractivity contribution in [3.05, 3.63) is 0 Å². The third-order valence-corrected chi connectivity index (χ3v) is 3.15. The number of hydrogen-bond donors (Lipinski definition) is 0. The fourth-order valence-electron chi connectivity index (χ4n) is 1.57. The van der Waals surface area contributed by atoms with Gasteiger partial charge in [0.2, 0.25) is 11.3 Å². The predicted molar refractivity (Wildman–Crippen MR) is 38.8 cm³/mol. The largest absolute Gasteiger partial charge is 0.352 e. The lowest BCUT2D eigenvalue weighted by atomic mass is 9.68. The minimum Gasteiger partial charge on any atom is -0.230 e. The molecule has 0 N–H and O–H groups in total. The van der Waals surface area contributed by atoms with Crippen LogP contribution in [0.2, 0.25) is 0 Å². The summed E-state index contributed by atoms with van der Waals surface area (Å²) in [4.78, 5) is 0. The zero-order chi connectivity index (χ0) is 15.0. The molecule has 0 bridgehead atoms. The standard InChI is InChI=1S/C8H6F10/c1-3(9)5(11,12)7(15,16)4(2,10)8(17,18)6(3,13)14/h1-2H3. The van der Waals surface area contributed by atoms with E-state index in [-0.39, 0.29) is 0 Å². The van der Waals surface area contributed by atoms with Gasteiger partial charge in [-0.1, -0.05) is 0 Å². The van der Waals surface area contributed by atoms with Crippen molar-refractivity contribution in [1.82, 2.24) is 0 Å². The summed E-state index contributed by atoms with van der Waals surface area (Å²) in [5, 5.41) is 0. The first-order chi connectivity index (χ1) is 7.50. The lowest BCUT2D eigenvalue weighted by molar-refractivity contribution is -0.453. The van der Waals surface area contributed by atoms with Crippen molar-refractivity contribution in [1.29, 1.82) is 0 Å².